The second-order valence-corrected chi connectivity index (χ2v) is 4.67. The molecule has 0 aromatic heterocycles. The van der Waals surface area contributed by atoms with Crippen LogP contribution in [0.4, 0.5) is 0 Å². The molecule has 18 heavy (non-hydrogen) atoms. The number of hydrogen-bond donors (Lipinski definition) is 2. The zero-order valence-corrected chi connectivity index (χ0v) is 11.0. The lowest BCUT2D eigenvalue weighted by atomic mass is 10.1. The van der Waals surface area contributed by atoms with E-state index in [1.807, 2.05) is 49.4 Å². The molecule has 1 unspecified atom stereocenters. The van der Waals surface area contributed by atoms with E-state index in [1.165, 1.54) is 0 Å². The van der Waals surface area contributed by atoms with Gasteiger partial charge >= 0.3 is 0 Å². The minimum Gasteiger partial charge on any atom is -0.346 e. The molecule has 2 nitrogen and oxygen atoms in total. The Balaban J connectivity index is 2.08. The van der Waals surface area contributed by atoms with Crippen molar-refractivity contribution in [1.29, 1.82) is 0 Å². The van der Waals surface area contributed by atoms with Gasteiger partial charge in [0.05, 0.1) is 6.04 Å². The predicted octanol–water partition coefficient (Wildman–Crippen LogP) is 3.47. The molecular weight excluding hydrogens is 242 g/mol. The number of nitrogens with one attached hydrogen (secondary N) is 1. The number of carbonyl (C=O) groups excluding carboxylic acids is 1. The summed E-state index contributed by atoms with van der Waals surface area (Å²) in [6.07, 6.45) is 0. The van der Waals surface area contributed by atoms with Crippen LogP contribution in [0.1, 0.15) is 28.9 Å². The molecule has 1 atom stereocenters. The predicted molar refractivity (Wildman–Crippen MR) is 76.0 cm³/mol. The summed E-state index contributed by atoms with van der Waals surface area (Å²) >= 11 is 4.23. The van der Waals surface area contributed by atoms with Crippen molar-refractivity contribution in [3.05, 3.63) is 65.7 Å². The molecule has 0 bridgehead atoms. The highest BCUT2D eigenvalue weighted by Crippen LogP contribution is 2.13. The highest BCUT2D eigenvalue weighted by atomic mass is 32.1. The Hall–Kier alpha value is -1.74. The Bertz CT molecular complexity index is 539. The molecule has 2 aromatic rings. The third kappa shape index (κ3) is 3.14. The van der Waals surface area contributed by atoms with E-state index in [2.05, 4.69) is 17.9 Å². The van der Waals surface area contributed by atoms with Crippen LogP contribution in [0.5, 0.6) is 0 Å². The summed E-state index contributed by atoms with van der Waals surface area (Å²) in [5, 5.41) is 2.97. The van der Waals surface area contributed by atoms with Crippen molar-refractivity contribution in [3.8, 4) is 0 Å². The first kappa shape index (κ1) is 12.7. The lowest BCUT2D eigenvalue weighted by molar-refractivity contribution is 0.0939. The second-order valence-electron chi connectivity index (χ2n) is 4.16. The lowest BCUT2D eigenvalue weighted by Gasteiger charge is -2.14. The van der Waals surface area contributed by atoms with Crippen LogP contribution in [0.25, 0.3) is 0 Å². The first-order valence-corrected chi connectivity index (χ1v) is 6.26. The molecule has 1 N–H and O–H groups in total. The number of carbonyl (C=O) groups is 1. The largest absolute Gasteiger partial charge is 0.346 e. The zero-order chi connectivity index (χ0) is 13.0. The van der Waals surface area contributed by atoms with Crippen LogP contribution in [0.15, 0.2) is 59.5 Å². The fraction of sp³-hybridized carbons (Fsp3) is 0.133. The van der Waals surface area contributed by atoms with Crippen molar-refractivity contribution in [3.63, 3.8) is 0 Å². The maximum Gasteiger partial charge on any atom is 0.251 e. The Morgan fingerprint density at radius 1 is 1.11 bits per heavy atom. The molecular formula is C15H15NOS. The lowest BCUT2D eigenvalue weighted by Crippen LogP contribution is -2.26. The van der Waals surface area contributed by atoms with Gasteiger partial charge in [-0.05, 0) is 30.7 Å². The van der Waals surface area contributed by atoms with Crippen LogP contribution < -0.4 is 5.32 Å². The summed E-state index contributed by atoms with van der Waals surface area (Å²) in [5.74, 6) is -0.0812. The summed E-state index contributed by atoms with van der Waals surface area (Å²) in [5.41, 5.74) is 1.72. The Morgan fingerprint density at radius 2 is 1.83 bits per heavy atom. The van der Waals surface area contributed by atoms with Crippen LogP contribution >= 0.6 is 12.6 Å². The van der Waals surface area contributed by atoms with Gasteiger partial charge in [0.25, 0.3) is 5.91 Å². The topological polar surface area (TPSA) is 29.1 Å². The Kier molecular flexibility index (Phi) is 4.05. The summed E-state index contributed by atoms with van der Waals surface area (Å²) in [6.45, 7) is 1.97. The Labute approximate surface area is 112 Å². The first-order valence-electron chi connectivity index (χ1n) is 5.81. The molecule has 0 saturated carbocycles. The van der Waals surface area contributed by atoms with E-state index in [4.69, 9.17) is 0 Å². The molecule has 1 amide bonds. The molecule has 0 heterocycles. The molecule has 0 radical (unpaired) electrons. The summed E-state index contributed by atoms with van der Waals surface area (Å²) in [7, 11) is 0. The van der Waals surface area contributed by atoms with Gasteiger partial charge in [-0.2, -0.15) is 0 Å². The quantitative estimate of drug-likeness (QED) is 0.810. The molecule has 2 aromatic carbocycles. The normalized spacial score (nSPS) is 11.9. The fourth-order valence-corrected chi connectivity index (χ4v) is 1.98. The SMILES string of the molecule is CC(NC(=O)c1cccc(S)c1)c1ccccc1. The summed E-state index contributed by atoms with van der Waals surface area (Å²) < 4.78 is 0. The van der Waals surface area contributed by atoms with E-state index >= 15 is 0 Å². The Morgan fingerprint density at radius 3 is 2.50 bits per heavy atom. The molecule has 3 heteroatoms. The van der Waals surface area contributed by atoms with Gasteiger partial charge in [-0.1, -0.05) is 36.4 Å². The molecule has 0 fully saturated rings. The number of hydrogen-bond acceptors (Lipinski definition) is 2. The van der Waals surface area contributed by atoms with Crippen molar-refractivity contribution >= 4 is 18.5 Å². The maximum absolute atomic E-state index is 12.0. The number of amides is 1. The van der Waals surface area contributed by atoms with Crippen LogP contribution in [-0.2, 0) is 0 Å². The van der Waals surface area contributed by atoms with E-state index in [0.717, 1.165) is 10.5 Å². The van der Waals surface area contributed by atoms with Crippen molar-refractivity contribution in [2.45, 2.75) is 17.9 Å². The van der Waals surface area contributed by atoms with Crippen molar-refractivity contribution in [2.75, 3.05) is 0 Å². The second kappa shape index (κ2) is 5.74. The monoisotopic (exact) mass is 257 g/mol. The van der Waals surface area contributed by atoms with E-state index in [1.54, 1.807) is 12.1 Å². The van der Waals surface area contributed by atoms with Gasteiger partial charge < -0.3 is 5.32 Å². The van der Waals surface area contributed by atoms with E-state index in [9.17, 15) is 4.79 Å². The van der Waals surface area contributed by atoms with Gasteiger partial charge in [-0.3, -0.25) is 4.79 Å². The van der Waals surface area contributed by atoms with Gasteiger partial charge in [0.2, 0.25) is 0 Å². The van der Waals surface area contributed by atoms with E-state index in [-0.39, 0.29) is 11.9 Å². The highest BCUT2D eigenvalue weighted by molar-refractivity contribution is 7.80. The average molecular weight is 257 g/mol. The number of rotatable bonds is 3. The highest BCUT2D eigenvalue weighted by Gasteiger charge is 2.10. The average Bonchev–Trinajstić information content (AvgIpc) is 2.39. The van der Waals surface area contributed by atoms with Crippen molar-refractivity contribution in [1.82, 2.24) is 5.32 Å². The fourth-order valence-electron chi connectivity index (χ4n) is 1.75. The summed E-state index contributed by atoms with van der Waals surface area (Å²) in [4.78, 5) is 12.8. The van der Waals surface area contributed by atoms with Gasteiger partial charge in [0, 0.05) is 10.5 Å². The molecule has 0 saturated heterocycles. The molecule has 2 rings (SSSR count). The zero-order valence-electron chi connectivity index (χ0n) is 10.1. The van der Waals surface area contributed by atoms with Crippen LogP contribution in [-0.4, -0.2) is 5.91 Å². The molecule has 0 aliphatic rings. The van der Waals surface area contributed by atoms with Gasteiger partial charge in [0.1, 0.15) is 0 Å². The minimum absolute atomic E-state index is 0.0118. The number of benzene rings is 2. The van der Waals surface area contributed by atoms with Gasteiger partial charge in [-0.15, -0.1) is 12.6 Å². The van der Waals surface area contributed by atoms with Crippen LogP contribution in [0.3, 0.4) is 0 Å². The standard InChI is InChI=1S/C15H15NOS/c1-11(12-6-3-2-4-7-12)16-15(17)13-8-5-9-14(18)10-13/h2-11,18H,1H3,(H,16,17). The summed E-state index contributed by atoms with van der Waals surface area (Å²) in [6, 6.07) is 17.1. The first-order chi connectivity index (χ1) is 8.66. The molecule has 0 aliphatic heterocycles. The third-order valence-corrected chi connectivity index (χ3v) is 3.03. The van der Waals surface area contributed by atoms with E-state index < -0.39 is 0 Å². The van der Waals surface area contributed by atoms with Crippen molar-refractivity contribution < 1.29 is 4.79 Å². The molecule has 92 valence electrons. The van der Waals surface area contributed by atoms with Crippen LogP contribution in [0, 0.1) is 0 Å². The number of thiol groups is 1. The van der Waals surface area contributed by atoms with Crippen molar-refractivity contribution in [2.24, 2.45) is 0 Å². The van der Waals surface area contributed by atoms with Crippen LogP contribution in [0.2, 0.25) is 0 Å². The third-order valence-electron chi connectivity index (χ3n) is 2.76. The van der Waals surface area contributed by atoms with Gasteiger partial charge in [-0.25, -0.2) is 0 Å². The van der Waals surface area contributed by atoms with Gasteiger partial charge in [0.15, 0.2) is 0 Å². The maximum atomic E-state index is 12.0. The van der Waals surface area contributed by atoms with E-state index in [0.29, 0.717) is 5.56 Å². The molecule has 0 aliphatic carbocycles. The molecule has 0 spiro atoms. The smallest absolute Gasteiger partial charge is 0.251 e. The minimum atomic E-state index is -0.0812.